The van der Waals surface area contributed by atoms with E-state index in [1.165, 1.54) is 0 Å². The lowest BCUT2D eigenvalue weighted by Gasteiger charge is -2.34. The number of pyridine rings is 1. The molecule has 1 atom stereocenters. The Bertz CT molecular complexity index is 1280. The van der Waals surface area contributed by atoms with Crippen LogP contribution in [0.2, 0.25) is 0 Å². The summed E-state index contributed by atoms with van der Waals surface area (Å²) in [5.74, 6) is 0.618. The topological polar surface area (TPSA) is 66.8 Å². The van der Waals surface area contributed by atoms with Crippen LogP contribution in [0.3, 0.4) is 0 Å². The third kappa shape index (κ3) is 5.41. The largest absolute Gasteiger partial charge is 0.496 e. The minimum atomic E-state index is -0.216. The zero-order valence-corrected chi connectivity index (χ0v) is 21.2. The summed E-state index contributed by atoms with van der Waals surface area (Å²) in [6, 6.07) is 15.1. The Morgan fingerprint density at radius 2 is 1.74 bits per heavy atom. The van der Waals surface area contributed by atoms with Gasteiger partial charge in [0.15, 0.2) is 0 Å². The molecule has 1 aliphatic rings. The van der Waals surface area contributed by atoms with Crippen LogP contribution in [0.15, 0.2) is 59.5 Å². The normalized spacial score (nSPS) is 15.1. The number of nitrogens with zero attached hydrogens (tertiary/aromatic N) is 3. The van der Waals surface area contributed by atoms with Crippen LogP contribution < -0.4 is 20.5 Å². The van der Waals surface area contributed by atoms with Gasteiger partial charge in [-0.15, -0.1) is 0 Å². The fourth-order valence-corrected chi connectivity index (χ4v) is 4.45. The molecule has 2 aromatic carbocycles. The van der Waals surface area contributed by atoms with E-state index in [2.05, 4.69) is 28.2 Å². The van der Waals surface area contributed by atoms with Gasteiger partial charge in [-0.25, -0.2) is 0 Å². The quantitative estimate of drug-likeness (QED) is 0.591. The number of benzene rings is 2. The zero-order valence-electron chi connectivity index (χ0n) is 21.2. The molecule has 184 valence electrons. The smallest absolute Gasteiger partial charge is 0.252 e. The lowest BCUT2D eigenvalue weighted by Crippen LogP contribution is -2.44. The number of hydrogen-bond donors (Lipinski definition) is 1. The second-order valence-corrected chi connectivity index (χ2v) is 9.31. The van der Waals surface area contributed by atoms with Crippen LogP contribution >= 0.6 is 0 Å². The number of carbonyl (C=O) groups is 1. The molecule has 1 saturated heterocycles. The van der Waals surface area contributed by atoms with E-state index in [0.717, 1.165) is 54.1 Å². The summed E-state index contributed by atoms with van der Waals surface area (Å²) in [7, 11) is 5.49. The standard InChI is InChI=1S/C28H34N4O3/c1-19-6-9-23(32-14-12-30(3)13-15-32)17-24(19)28(34)29-20(2)21-7-10-26(35-5)25(16-21)22-8-11-27(33)31(4)18-22/h6-11,16-18,20H,12-15H2,1-5H3,(H,29,34)/t20-/m1/s1. The second kappa shape index (κ2) is 10.4. The first kappa shape index (κ1) is 24.5. The van der Waals surface area contributed by atoms with Gasteiger partial charge in [0.1, 0.15) is 5.75 Å². The molecule has 0 bridgehead atoms. The van der Waals surface area contributed by atoms with Crippen LogP contribution in [0, 0.1) is 6.92 Å². The first-order valence-electron chi connectivity index (χ1n) is 12.0. The average Bonchev–Trinajstić information content (AvgIpc) is 2.86. The summed E-state index contributed by atoms with van der Waals surface area (Å²) in [6.07, 6.45) is 1.79. The molecule has 2 heterocycles. The van der Waals surface area contributed by atoms with Crippen molar-refractivity contribution in [3.63, 3.8) is 0 Å². The number of carbonyl (C=O) groups excluding carboxylic acids is 1. The molecule has 1 aliphatic heterocycles. The maximum absolute atomic E-state index is 13.3. The van der Waals surface area contributed by atoms with Gasteiger partial charge in [-0.05, 0) is 62.4 Å². The van der Waals surface area contributed by atoms with E-state index in [-0.39, 0.29) is 17.5 Å². The fraction of sp³-hybridized carbons (Fsp3) is 0.357. The van der Waals surface area contributed by atoms with Gasteiger partial charge in [-0.3, -0.25) is 9.59 Å². The van der Waals surface area contributed by atoms with Gasteiger partial charge in [-0.1, -0.05) is 12.1 Å². The van der Waals surface area contributed by atoms with Crippen LogP contribution in [0.1, 0.15) is 34.5 Å². The van der Waals surface area contributed by atoms with Gasteiger partial charge in [0.05, 0.1) is 13.2 Å². The molecule has 0 aliphatic carbocycles. The molecular weight excluding hydrogens is 440 g/mol. The molecule has 35 heavy (non-hydrogen) atoms. The van der Waals surface area contributed by atoms with Gasteiger partial charge in [0, 0.05) is 67.9 Å². The molecule has 3 aromatic rings. The predicted molar refractivity (Wildman–Crippen MR) is 140 cm³/mol. The Hall–Kier alpha value is -3.58. The van der Waals surface area contributed by atoms with Crippen LogP contribution in [-0.4, -0.2) is 55.7 Å². The summed E-state index contributed by atoms with van der Waals surface area (Å²) in [5, 5.41) is 3.17. The van der Waals surface area contributed by atoms with E-state index in [1.807, 2.05) is 44.2 Å². The Kier molecular flexibility index (Phi) is 7.26. The fourth-order valence-electron chi connectivity index (χ4n) is 4.45. The number of likely N-dealkylation sites (N-methyl/N-ethyl adjacent to an activating group) is 1. The number of methoxy groups -OCH3 is 1. The summed E-state index contributed by atoms with van der Waals surface area (Å²) >= 11 is 0. The highest BCUT2D eigenvalue weighted by molar-refractivity contribution is 5.97. The summed E-state index contributed by atoms with van der Waals surface area (Å²) in [5.41, 5.74) is 5.36. The number of nitrogens with one attached hydrogen (secondary N) is 1. The van der Waals surface area contributed by atoms with Gasteiger partial charge >= 0.3 is 0 Å². The average molecular weight is 475 g/mol. The van der Waals surface area contributed by atoms with Crippen LogP contribution in [-0.2, 0) is 7.05 Å². The number of piperazine rings is 1. The van der Waals surface area contributed by atoms with Crippen molar-refractivity contribution >= 4 is 11.6 Å². The highest BCUT2D eigenvalue weighted by atomic mass is 16.5. The maximum Gasteiger partial charge on any atom is 0.252 e. The van der Waals surface area contributed by atoms with Crippen molar-refractivity contribution in [3.05, 3.63) is 81.8 Å². The number of amides is 1. The first-order chi connectivity index (χ1) is 16.8. The molecule has 1 N–H and O–H groups in total. The first-order valence-corrected chi connectivity index (χ1v) is 12.0. The highest BCUT2D eigenvalue weighted by Crippen LogP contribution is 2.32. The number of ether oxygens (including phenoxy) is 1. The third-order valence-corrected chi connectivity index (χ3v) is 6.80. The lowest BCUT2D eigenvalue weighted by molar-refractivity contribution is 0.0939. The van der Waals surface area contributed by atoms with E-state index in [4.69, 9.17) is 4.74 Å². The molecule has 1 fully saturated rings. The second-order valence-electron chi connectivity index (χ2n) is 9.31. The molecule has 7 nitrogen and oxygen atoms in total. The third-order valence-electron chi connectivity index (χ3n) is 6.80. The van der Waals surface area contributed by atoms with Crippen LogP contribution in [0.5, 0.6) is 5.75 Å². The van der Waals surface area contributed by atoms with E-state index in [9.17, 15) is 9.59 Å². The van der Waals surface area contributed by atoms with E-state index in [0.29, 0.717) is 11.3 Å². The minimum Gasteiger partial charge on any atom is -0.496 e. The van der Waals surface area contributed by atoms with Crippen molar-refractivity contribution in [2.75, 3.05) is 45.2 Å². The van der Waals surface area contributed by atoms with Crippen molar-refractivity contribution in [2.45, 2.75) is 19.9 Å². The molecule has 1 aromatic heterocycles. The molecule has 0 unspecified atom stereocenters. The van der Waals surface area contributed by atoms with Gasteiger partial charge in [0.2, 0.25) is 5.56 Å². The lowest BCUT2D eigenvalue weighted by atomic mass is 9.99. The monoisotopic (exact) mass is 474 g/mol. The van der Waals surface area contributed by atoms with Crippen molar-refractivity contribution < 1.29 is 9.53 Å². The highest BCUT2D eigenvalue weighted by Gasteiger charge is 2.19. The molecule has 7 heteroatoms. The van der Waals surface area contributed by atoms with Gasteiger partial charge in [0.25, 0.3) is 5.91 Å². The van der Waals surface area contributed by atoms with E-state index in [1.54, 1.807) is 37.1 Å². The summed E-state index contributed by atoms with van der Waals surface area (Å²) in [6.45, 7) is 7.89. The van der Waals surface area contributed by atoms with Crippen molar-refractivity contribution in [2.24, 2.45) is 7.05 Å². The van der Waals surface area contributed by atoms with E-state index < -0.39 is 0 Å². The Balaban J connectivity index is 1.56. The van der Waals surface area contributed by atoms with E-state index >= 15 is 0 Å². The number of hydrogen-bond acceptors (Lipinski definition) is 5. The minimum absolute atomic E-state index is 0.0707. The van der Waals surface area contributed by atoms with Gasteiger partial charge < -0.3 is 24.4 Å². The summed E-state index contributed by atoms with van der Waals surface area (Å²) in [4.78, 5) is 29.8. The van der Waals surface area contributed by atoms with Gasteiger partial charge in [-0.2, -0.15) is 0 Å². The Labute approximate surface area is 206 Å². The Morgan fingerprint density at radius 3 is 2.43 bits per heavy atom. The Morgan fingerprint density at radius 1 is 1.00 bits per heavy atom. The van der Waals surface area contributed by atoms with Crippen molar-refractivity contribution in [1.29, 1.82) is 0 Å². The van der Waals surface area contributed by atoms with Crippen molar-refractivity contribution in [1.82, 2.24) is 14.8 Å². The number of rotatable bonds is 6. The number of aromatic nitrogens is 1. The molecule has 0 spiro atoms. The molecule has 1 amide bonds. The predicted octanol–water partition coefficient (Wildman–Crippen LogP) is 3.61. The number of aryl methyl sites for hydroxylation is 2. The molecule has 0 saturated carbocycles. The molecular formula is C28H34N4O3. The molecule has 0 radical (unpaired) electrons. The SMILES string of the molecule is COc1ccc([C@@H](C)NC(=O)c2cc(N3CCN(C)CC3)ccc2C)cc1-c1ccc(=O)n(C)c1. The summed E-state index contributed by atoms with van der Waals surface area (Å²) < 4.78 is 7.11. The van der Waals surface area contributed by atoms with Crippen molar-refractivity contribution in [3.8, 4) is 16.9 Å². The maximum atomic E-state index is 13.3. The van der Waals surface area contributed by atoms with Crippen LogP contribution in [0.4, 0.5) is 5.69 Å². The number of anilines is 1. The molecule has 4 rings (SSSR count). The van der Waals surface area contributed by atoms with Crippen LogP contribution in [0.25, 0.3) is 11.1 Å². The zero-order chi connectivity index (χ0) is 25.1.